The van der Waals surface area contributed by atoms with Gasteiger partial charge < -0.3 is 4.57 Å². The van der Waals surface area contributed by atoms with Crippen molar-refractivity contribution < 1.29 is 0 Å². The monoisotopic (exact) mass is 251 g/mol. The molecule has 98 valence electrons. The summed E-state index contributed by atoms with van der Waals surface area (Å²) in [5, 5.41) is 1.42. The summed E-state index contributed by atoms with van der Waals surface area (Å²) in [6.07, 6.45) is 11.3. The predicted octanol–water partition coefficient (Wildman–Crippen LogP) is 4.57. The van der Waals surface area contributed by atoms with Crippen LogP contribution in [0.4, 0.5) is 0 Å². The Morgan fingerprint density at radius 1 is 0.842 bits per heavy atom. The Labute approximate surface area is 114 Å². The molecular weight excluding hydrogens is 230 g/mol. The molecule has 0 saturated heterocycles. The van der Waals surface area contributed by atoms with Gasteiger partial charge in [-0.15, -0.1) is 0 Å². The molecular formula is C18H21N. The number of hydrogen-bond acceptors (Lipinski definition) is 0. The SMILES string of the molecule is c1ccc2c(c1)ccn2C12CC3CC(CC(C3)C1)C2. The van der Waals surface area contributed by atoms with Gasteiger partial charge in [0.1, 0.15) is 0 Å². The third kappa shape index (κ3) is 1.36. The zero-order valence-corrected chi connectivity index (χ0v) is 11.4. The number of nitrogens with zero attached hydrogens (tertiary/aromatic N) is 1. The Morgan fingerprint density at radius 3 is 2.16 bits per heavy atom. The summed E-state index contributed by atoms with van der Waals surface area (Å²) in [7, 11) is 0. The van der Waals surface area contributed by atoms with E-state index in [1.54, 1.807) is 0 Å². The van der Waals surface area contributed by atoms with E-state index in [4.69, 9.17) is 0 Å². The van der Waals surface area contributed by atoms with Crippen molar-refractivity contribution >= 4 is 10.9 Å². The first-order valence-electron chi connectivity index (χ1n) is 7.89. The van der Waals surface area contributed by atoms with Crippen LogP contribution in [0.5, 0.6) is 0 Å². The van der Waals surface area contributed by atoms with Gasteiger partial charge in [-0.05, 0) is 73.8 Å². The highest BCUT2D eigenvalue weighted by Gasteiger charge is 2.51. The van der Waals surface area contributed by atoms with Crippen molar-refractivity contribution in [1.29, 1.82) is 0 Å². The lowest BCUT2D eigenvalue weighted by atomic mass is 9.53. The van der Waals surface area contributed by atoms with Crippen LogP contribution >= 0.6 is 0 Å². The fourth-order valence-corrected chi connectivity index (χ4v) is 5.86. The Kier molecular flexibility index (Phi) is 1.91. The lowest BCUT2D eigenvalue weighted by Crippen LogP contribution is -2.51. The fraction of sp³-hybridized carbons (Fsp3) is 0.556. The summed E-state index contributed by atoms with van der Waals surface area (Å²) in [4.78, 5) is 0. The molecule has 0 atom stereocenters. The van der Waals surface area contributed by atoms with E-state index >= 15 is 0 Å². The van der Waals surface area contributed by atoms with Crippen molar-refractivity contribution in [2.75, 3.05) is 0 Å². The quantitative estimate of drug-likeness (QED) is 0.700. The van der Waals surface area contributed by atoms with Gasteiger partial charge in [0, 0.05) is 17.3 Å². The largest absolute Gasteiger partial charge is 0.341 e. The average Bonchev–Trinajstić information content (AvgIpc) is 2.81. The van der Waals surface area contributed by atoms with Crippen LogP contribution in [0.25, 0.3) is 10.9 Å². The zero-order chi connectivity index (χ0) is 12.4. The predicted molar refractivity (Wildman–Crippen MR) is 78.1 cm³/mol. The number of fused-ring (bicyclic) bond motifs is 1. The second-order valence-corrected chi connectivity index (χ2v) is 7.39. The summed E-state index contributed by atoms with van der Waals surface area (Å²) < 4.78 is 2.66. The van der Waals surface area contributed by atoms with Crippen LogP contribution < -0.4 is 0 Å². The van der Waals surface area contributed by atoms with Crippen LogP contribution in [-0.4, -0.2) is 4.57 Å². The number of aromatic nitrogens is 1. The molecule has 6 rings (SSSR count). The van der Waals surface area contributed by atoms with Gasteiger partial charge in [-0.2, -0.15) is 0 Å². The molecule has 0 spiro atoms. The normalized spacial score (nSPS) is 40.1. The van der Waals surface area contributed by atoms with E-state index in [1.165, 1.54) is 49.4 Å². The molecule has 0 radical (unpaired) electrons. The maximum absolute atomic E-state index is 2.66. The summed E-state index contributed by atoms with van der Waals surface area (Å²) in [6, 6.07) is 11.2. The van der Waals surface area contributed by atoms with Crippen molar-refractivity contribution in [3.63, 3.8) is 0 Å². The fourth-order valence-electron chi connectivity index (χ4n) is 5.86. The first kappa shape index (κ1) is 10.5. The minimum absolute atomic E-state index is 0.470. The first-order chi connectivity index (χ1) is 9.32. The van der Waals surface area contributed by atoms with E-state index in [-0.39, 0.29) is 0 Å². The number of rotatable bonds is 1. The van der Waals surface area contributed by atoms with Crippen LogP contribution in [-0.2, 0) is 5.54 Å². The van der Waals surface area contributed by atoms with Crippen molar-refractivity contribution in [2.45, 2.75) is 44.1 Å². The van der Waals surface area contributed by atoms with Crippen molar-refractivity contribution in [2.24, 2.45) is 17.8 Å². The first-order valence-corrected chi connectivity index (χ1v) is 7.89. The number of hydrogen-bond donors (Lipinski definition) is 0. The number of benzene rings is 1. The summed E-state index contributed by atoms with van der Waals surface area (Å²) >= 11 is 0. The lowest BCUT2D eigenvalue weighted by molar-refractivity contribution is -0.0407. The smallest absolute Gasteiger partial charge is 0.0485 e. The van der Waals surface area contributed by atoms with E-state index in [2.05, 4.69) is 41.1 Å². The van der Waals surface area contributed by atoms with Crippen molar-refractivity contribution in [1.82, 2.24) is 4.57 Å². The molecule has 4 aliphatic carbocycles. The van der Waals surface area contributed by atoms with Gasteiger partial charge in [0.2, 0.25) is 0 Å². The molecule has 4 fully saturated rings. The molecule has 1 heteroatoms. The third-order valence-electron chi connectivity index (χ3n) is 6.12. The van der Waals surface area contributed by atoms with E-state index < -0.39 is 0 Å². The van der Waals surface area contributed by atoms with Crippen LogP contribution in [0, 0.1) is 17.8 Å². The van der Waals surface area contributed by atoms with Gasteiger partial charge in [-0.1, -0.05) is 18.2 Å². The summed E-state index contributed by atoms with van der Waals surface area (Å²) in [6.45, 7) is 0. The van der Waals surface area contributed by atoms with E-state index in [1.807, 2.05) is 0 Å². The molecule has 1 nitrogen and oxygen atoms in total. The van der Waals surface area contributed by atoms with Gasteiger partial charge in [0.15, 0.2) is 0 Å². The van der Waals surface area contributed by atoms with Gasteiger partial charge >= 0.3 is 0 Å². The zero-order valence-electron chi connectivity index (χ0n) is 11.4. The molecule has 1 heterocycles. The van der Waals surface area contributed by atoms with Crippen LogP contribution in [0.1, 0.15) is 38.5 Å². The highest BCUT2D eigenvalue weighted by molar-refractivity contribution is 5.80. The second-order valence-electron chi connectivity index (χ2n) is 7.39. The molecule has 4 saturated carbocycles. The van der Waals surface area contributed by atoms with Gasteiger partial charge in [-0.25, -0.2) is 0 Å². The molecule has 1 aromatic heterocycles. The van der Waals surface area contributed by atoms with Crippen LogP contribution in [0.2, 0.25) is 0 Å². The Morgan fingerprint density at radius 2 is 1.47 bits per heavy atom. The maximum Gasteiger partial charge on any atom is 0.0485 e. The average molecular weight is 251 g/mol. The Bertz CT molecular complexity index is 601. The van der Waals surface area contributed by atoms with Crippen LogP contribution in [0.3, 0.4) is 0 Å². The van der Waals surface area contributed by atoms with Gasteiger partial charge in [0.05, 0.1) is 0 Å². The van der Waals surface area contributed by atoms with Crippen molar-refractivity contribution in [3.8, 4) is 0 Å². The van der Waals surface area contributed by atoms with E-state index in [0.29, 0.717) is 5.54 Å². The van der Waals surface area contributed by atoms with Crippen molar-refractivity contribution in [3.05, 3.63) is 36.5 Å². The summed E-state index contributed by atoms with van der Waals surface area (Å²) in [5.41, 5.74) is 1.93. The van der Waals surface area contributed by atoms with E-state index in [0.717, 1.165) is 17.8 Å². The summed E-state index contributed by atoms with van der Waals surface area (Å²) in [5.74, 6) is 3.06. The van der Waals surface area contributed by atoms with Gasteiger partial charge in [0.25, 0.3) is 0 Å². The Hall–Kier alpha value is -1.24. The van der Waals surface area contributed by atoms with Gasteiger partial charge in [-0.3, -0.25) is 0 Å². The minimum atomic E-state index is 0.470. The van der Waals surface area contributed by atoms with Crippen LogP contribution in [0.15, 0.2) is 36.5 Å². The molecule has 2 aromatic rings. The Balaban J connectivity index is 1.69. The molecule has 0 amide bonds. The molecule has 0 unspecified atom stereocenters. The standard InChI is InChI=1S/C18H21N/c1-2-4-17-16(3-1)5-6-19(17)18-10-13-7-14(11-18)9-15(8-13)12-18/h1-6,13-15H,7-12H2. The molecule has 19 heavy (non-hydrogen) atoms. The molecule has 0 N–H and O–H groups in total. The van der Waals surface area contributed by atoms with E-state index in [9.17, 15) is 0 Å². The molecule has 1 aromatic carbocycles. The maximum atomic E-state index is 2.66. The molecule has 4 bridgehead atoms. The highest BCUT2D eigenvalue weighted by Crippen LogP contribution is 2.59. The number of para-hydroxylation sites is 1. The third-order valence-corrected chi connectivity index (χ3v) is 6.12. The minimum Gasteiger partial charge on any atom is -0.341 e. The molecule has 4 aliphatic rings. The lowest BCUT2D eigenvalue weighted by Gasteiger charge is -2.57. The highest BCUT2D eigenvalue weighted by atomic mass is 15.1. The second kappa shape index (κ2) is 3.45. The topological polar surface area (TPSA) is 4.93 Å². The molecule has 0 aliphatic heterocycles.